The van der Waals surface area contributed by atoms with Crippen LogP contribution in [0.2, 0.25) is 0 Å². The highest BCUT2D eigenvalue weighted by atomic mass is 16.7. The summed E-state index contributed by atoms with van der Waals surface area (Å²) < 4.78 is 71.1. The smallest absolute Gasteiger partial charge is 0.253 e. The molecule has 0 saturated carbocycles. The van der Waals surface area contributed by atoms with Crippen molar-refractivity contribution >= 4 is 11.8 Å². The highest BCUT2D eigenvalue weighted by Crippen LogP contribution is 2.13. The van der Waals surface area contributed by atoms with Crippen molar-refractivity contribution in [2.45, 2.75) is 25.6 Å². The molecule has 0 aromatic rings. The summed E-state index contributed by atoms with van der Waals surface area (Å²) in [5.74, 6) is -0.613. The van der Waals surface area contributed by atoms with Crippen LogP contribution < -0.4 is 0 Å². The molecule has 286 valence electrons. The number of hydrogen-bond acceptors (Lipinski definition) is 15. The fraction of sp³-hybridized carbons (Fsp3) is 0.879. The Kier molecular flexibility index (Phi) is 29.8. The summed E-state index contributed by atoms with van der Waals surface area (Å²) in [5.41, 5.74) is 0. The minimum atomic E-state index is -0.307. The molecule has 0 aromatic carbocycles. The zero-order chi connectivity index (χ0) is 34.7. The normalized spacial score (nSPS) is 16.4. The molecule has 2 amide bonds. The lowest BCUT2D eigenvalue weighted by Crippen LogP contribution is -2.33. The first-order chi connectivity index (χ1) is 24.3. The molecular weight excluding hydrogens is 650 g/mol. The monoisotopic (exact) mass is 709 g/mol. The quantitative estimate of drug-likeness (QED) is 0.0653. The lowest BCUT2D eigenvalue weighted by molar-refractivity contribution is -0.169. The van der Waals surface area contributed by atoms with Gasteiger partial charge in [0.15, 0.2) is 6.29 Å². The van der Waals surface area contributed by atoms with Crippen molar-refractivity contribution in [2.24, 2.45) is 0 Å². The first kappa shape index (κ1) is 43.5. The van der Waals surface area contributed by atoms with E-state index in [1.54, 1.807) is 0 Å². The molecule has 1 saturated heterocycles. The van der Waals surface area contributed by atoms with Gasteiger partial charge in [0, 0.05) is 18.8 Å². The topological polar surface area (TPSA) is 157 Å². The first-order valence-electron chi connectivity index (χ1n) is 17.4. The molecule has 2 aliphatic rings. The Morgan fingerprint density at radius 2 is 0.755 bits per heavy atom. The predicted octanol–water partition coefficient (Wildman–Crippen LogP) is 0.637. The van der Waals surface area contributed by atoms with Gasteiger partial charge in [-0.25, -0.2) is 0 Å². The van der Waals surface area contributed by atoms with Crippen molar-refractivity contribution in [3.63, 3.8) is 0 Å². The van der Waals surface area contributed by atoms with E-state index in [2.05, 4.69) is 0 Å². The van der Waals surface area contributed by atoms with Crippen molar-refractivity contribution < 1.29 is 71.2 Å². The second-order valence-electron chi connectivity index (χ2n) is 10.6. The number of nitrogens with zero attached hydrogens (tertiary/aromatic N) is 1. The lowest BCUT2D eigenvalue weighted by atomic mass is 10.2. The van der Waals surface area contributed by atoms with Crippen LogP contribution >= 0.6 is 0 Å². The summed E-state index contributed by atoms with van der Waals surface area (Å²) in [4.78, 5) is 23.9. The first-order valence-corrected chi connectivity index (χ1v) is 17.4. The van der Waals surface area contributed by atoms with Gasteiger partial charge in [-0.3, -0.25) is 14.5 Å². The standard InChI is InChI=1S/C33H59NO15/c35-31-4-5-32(36)34(31)6-8-37-9-10-38-11-12-39-13-14-40-15-16-41-17-18-42-19-20-43-21-22-44-23-24-45-25-26-46-27-28-47-29-30-49-33-3-1-2-7-48-33/h4-5,33H,1-3,6-30H2. The Balaban J connectivity index is 1.12. The van der Waals surface area contributed by atoms with Gasteiger partial charge in [-0.15, -0.1) is 0 Å². The number of amides is 2. The molecule has 0 N–H and O–H groups in total. The molecule has 2 heterocycles. The number of carbonyl (C=O) groups is 2. The van der Waals surface area contributed by atoms with E-state index in [0.29, 0.717) is 145 Å². The summed E-state index contributed by atoms with van der Waals surface area (Å²) in [6, 6.07) is 0. The Morgan fingerprint density at radius 1 is 0.449 bits per heavy atom. The van der Waals surface area contributed by atoms with E-state index in [1.807, 2.05) is 0 Å². The highest BCUT2D eigenvalue weighted by Gasteiger charge is 2.22. The molecular formula is C33H59NO15. The Hall–Kier alpha value is -1.64. The van der Waals surface area contributed by atoms with Gasteiger partial charge in [0.05, 0.1) is 159 Å². The fourth-order valence-corrected chi connectivity index (χ4v) is 4.19. The van der Waals surface area contributed by atoms with Crippen LogP contribution in [0, 0.1) is 0 Å². The summed E-state index contributed by atoms with van der Waals surface area (Å²) in [5, 5.41) is 0. The van der Waals surface area contributed by atoms with Crippen LogP contribution in [0.3, 0.4) is 0 Å². The number of carbonyl (C=O) groups excluding carboxylic acids is 2. The summed E-state index contributed by atoms with van der Waals surface area (Å²) in [7, 11) is 0. The van der Waals surface area contributed by atoms with E-state index >= 15 is 0 Å². The molecule has 49 heavy (non-hydrogen) atoms. The number of imide groups is 1. The molecule has 0 aromatic heterocycles. The van der Waals surface area contributed by atoms with Crippen LogP contribution in [-0.4, -0.2) is 188 Å². The maximum Gasteiger partial charge on any atom is 0.253 e. The predicted molar refractivity (Wildman–Crippen MR) is 174 cm³/mol. The van der Waals surface area contributed by atoms with Crippen molar-refractivity contribution in [3.05, 3.63) is 12.2 Å². The van der Waals surface area contributed by atoms with E-state index in [1.165, 1.54) is 12.2 Å². The average molecular weight is 710 g/mol. The number of ether oxygens (including phenoxy) is 13. The van der Waals surface area contributed by atoms with Crippen LogP contribution in [0.5, 0.6) is 0 Å². The van der Waals surface area contributed by atoms with Crippen LogP contribution in [0.25, 0.3) is 0 Å². The average Bonchev–Trinajstić information content (AvgIpc) is 3.44. The molecule has 16 nitrogen and oxygen atoms in total. The largest absolute Gasteiger partial charge is 0.377 e. The van der Waals surface area contributed by atoms with Gasteiger partial charge >= 0.3 is 0 Å². The van der Waals surface area contributed by atoms with Crippen molar-refractivity contribution in [1.29, 1.82) is 0 Å². The fourth-order valence-electron chi connectivity index (χ4n) is 4.19. The van der Waals surface area contributed by atoms with Gasteiger partial charge in [0.25, 0.3) is 11.8 Å². The molecule has 1 fully saturated rings. The zero-order valence-electron chi connectivity index (χ0n) is 29.1. The number of rotatable bonds is 37. The Labute approximate surface area is 290 Å². The van der Waals surface area contributed by atoms with Crippen LogP contribution in [0.4, 0.5) is 0 Å². The molecule has 2 aliphatic heterocycles. The third-order valence-corrected chi connectivity index (χ3v) is 6.75. The van der Waals surface area contributed by atoms with Crippen molar-refractivity contribution in [3.8, 4) is 0 Å². The van der Waals surface area contributed by atoms with Gasteiger partial charge in [-0.2, -0.15) is 0 Å². The van der Waals surface area contributed by atoms with Gasteiger partial charge in [0.1, 0.15) is 0 Å². The van der Waals surface area contributed by atoms with Crippen LogP contribution in [-0.2, 0) is 71.2 Å². The van der Waals surface area contributed by atoms with Gasteiger partial charge in [0.2, 0.25) is 0 Å². The highest BCUT2D eigenvalue weighted by molar-refractivity contribution is 6.12. The van der Waals surface area contributed by atoms with Crippen LogP contribution in [0.15, 0.2) is 12.2 Å². The van der Waals surface area contributed by atoms with Crippen molar-refractivity contribution in [2.75, 3.05) is 165 Å². The maximum atomic E-state index is 11.4. The zero-order valence-corrected chi connectivity index (χ0v) is 29.1. The summed E-state index contributed by atoms with van der Waals surface area (Å²) in [6.07, 6.45) is 5.68. The molecule has 0 aliphatic carbocycles. The van der Waals surface area contributed by atoms with Gasteiger partial charge in [-0.05, 0) is 19.3 Å². The maximum absolute atomic E-state index is 11.4. The third-order valence-electron chi connectivity index (χ3n) is 6.75. The lowest BCUT2D eigenvalue weighted by Gasteiger charge is -2.22. The van der Waals surface area contributed by atoms with E-state index in [0.717, 1.165) is 30.8 Å². The Morgan fingerprint density at radius 3 is 1.06 bits per heavy atom. The van der Waals surface area contributed by atoms with Gasteiger partial charge in [-0.1, -0.05) is 0 Å². The molecule has 16 heteroatoms. The molecule has 0 spiro atoms. The van der Waals surface area contributed by atoms with Crippen molar-refractivity contribution in [1.82, 2.24) is 4.90 Å². The molecule has 2 rings (SSSR count). The van der Waals surface area contributed by atoms with Crippen LogP contribution in [0.1, 0.15) is 19.3 Å². The van der Waals surface area contributed by atoms with E-state index < -0.39 is 0 Å². The minimum Gasteiger partial charge on any atom is -0.377 e. The minimum absolute atomic E-state index is 0.0719. The molecule has 1 atom stereocenters. The second kappa shape index (κ2) is 33.5. The van der Waals surface area contributed by atoms with E-state index in [4.69, 9.17) is 61.6 Å². The SMILES string of the molecule is O=C1C=CC(=O)N1CCOCCOCCOCCOCCOCCOCCOCCOCCOCCOCCOCCOC1CCCCO1. The molecule has 1 unspecified atom stereocenters. The molecule has 0 bridgehead atoms. The number of hydrogen-bond donors (Lipinski definition) is 0. The second-order valence-corrected chi connectivity index (χ2v) is 10.6. The summed E-state index contributed by atoms with van der Waals surface area (Å²) in [6.45, 7) is 12.0. The summed E-state index contributed by atoms with van der Waals surface area (Å²) >= 11 is 0. The Bertz CT molecular complexity index is 782. The van der Waals surface area contributed by atoms with E-state index in [9.17, 15) is 9.59 Å². The van der Waals surface area contributed by atoms with Gasteiger partial charge < -0.3 is 61.6 Å². The third kappa shape index (κ3) is 26.8. The van der Waals surface area contributed by atoms with E-state index in [-0.39, 0.29) is 31.3 Å². The molecule has 0 radical (unpaired) electrons.